The van der Waals surface area contributed by atoms with Crippen LogP contribution in [0.2, 0.25) is 0 Å². The molecule has 0 spiro atoms. The summed E-state index contributed by atoms with van der Waals surface area (Å²) in [7, 11) is 0. The fourth-order valence-corrected chi connectivity index (χ4v) is 2.64. The second kappa shape index (κ2) is 7.84. The number of halogens is 3. The molecule has 0 aliphatic rings. The number of hydrogen-bond donors (Lipinski definition) is 2. The fraction of sp³-hybridized carbons (Fsp3) is 0.158. The number of nitrogens with zero attached hydrogens (tertiary/aromatic N) is 2. The number of hydrazine groups is 1. The number of carbonyl (C=O) groups excluding carboxylic acids is 1. The van der Waals surface area contributed by atoms with E-state index in [2.05, 4.69) is 9.72 Å². The zero-order valence-corrected chi connectivity index (χ0v) is 15.2. The van der Waals surface area contributed by atoms with E-state index in [1.807, 2.05) is 0 Å². The van der Waals surface area contributed by atoms with Crippen LogP contribution in [0.1, 0.15) is 22.0 Å². The molecule has 0 saturated carbocycles. The van der Waals surface area contributed by atoms with Crippen LogP contribution < -0.4 is 16.3 Å². The van der Waals surface area contributed by atoms with E-state index in [9.17, 15) is 18.0 Å². The molecule has 3 aromatic rings. The Morgan fingerprint density at radius 2 is 1.83 bits per heavy atom. The van der Waals surface area contributed by atoms with Crippen LogP contribution in [0.4, 0.5) is 18.9 Å². The van der Waals surface area contributed by atoms with Gasteiger partial charge in [-0.3, -0.25) is 9.80 Å². The highest BCUT2D eigenvalue weighted by molar-refractivity contribution is 6.00. The predicted molar refractivity (Wildman–Crippen MR) is 98.3 cm³/mol. The van der Waals surface area contributed by atoms with E-state index in [1.54, 1.807) is 13.0 Å². The minimum absolute atomic E-state index is 0.00712. The Bertz CT molecular complexity index is 1020. The maximum Gasteiger partial charge on any atom is 0.573 e. The summed E-state index contributed by atoms with van der Waals surface area (Å²) in [5.41, 5.74) is 7.42. The number of carbonyl (C=O) groups is 1. The van der Waals surface area contributed by atoms with Crippen molar-refractivity contribution in [3.63, 3.8) is 0 Å². The Morgan fingerprint density at radius 1 is 1.17 bits per heavy atom. The quantitative estimate of drug-likeness (QED) is 0.290. The molecule has 2 aromatic carbocycles. The number of ether oxygens (including phenoxy) is 1. The lowest BCUT2D eigenvalue weighted by Crippen LogP contribution is -2.37. The molecule has 152 valence electrons. The van der Waals surface area contributed by atoms with Crippen LogP contribution in [0.15, 0.2) is 53.1 Å². The van der Waals surface area contributed by atoms with Crippen molar-refractivity contribution in [3.05, 3.63) is 65.9 Å². The van der Waals surface area contributed by atoms with E-state index in [0.717, 1.165) is 5.01 Å². The molecule has 0 bridgehead atoms. The highest BCUT2D eigenvalue weighted by Crippen LogP contribution is 2.28. The summed E-state index contributed by atoms with van der Waals surface area (Å²) in [6, 6.07) is 9.94. The molecular weight excluding hydrogens is 389 g/mol. The standard InChI is InChI=1S/C19H17F3N4O3/c1-11-25-9-15(28-11)10-26(24)18(27)16-8-13(4-7-17(16)23)12-2-5-14(6-3-12)29-19(20,21)22/h2-9H,10,23-24H2,1H3. The third-order valence-corrected chi connectivity index (χ3v) is 3.96. The van der Waals surface area contributed by atoms with E-state index >= 15 is 0 Å². The van der Waals surface area contributed by atoms with E-state index in [4.69, 9.17) is 16.0 Å². The highest BCUT2D eigenvalue weighted by atomic mass is 19.4. The Hall–Kier alpha value is -3.53. The number of nitrogens with two attached hydrogens (primary N) is 2. The van der Waals surface area contributed by atoms with E-state index < -0.39 is 12.3 Å². The molecule has 0 aliphatic carbocycles. The van der Waals surface area contributed by atoms with Gasteiger partial charge in [-0.1, -0.05) is 18.2 Å². The summed E-state index contributed by atoms with van der Waals surface area (Å²) in [5, 5.41) is 0.940. The zero-order chi connectivity index (χ0) is 21.2. The number of nitrogen functional groups attached to an aromatic ring is 1. The molecule has 0 aliphatic heterocycles. The van der Waals surface area contributed by atoms with Crippen LogP contribution in [0.5, 0.6) is 5.75 Å². The first-order valence-corrected chi connectivity index (χ1v) is 8.36. The monoisotopic (exact) mass is 406 g/mol. The highest BCUT2D eigenvalue weighted by Gasteiger charge is 2.31. The largest absolute Gasteiger partial charge is 0.573 e. The van der Waals surface area contributed by atoms with Crippen LogP contribution in [0.25, 0.3) is 11.1 Å². The molecule has 7 nitrogen and oxygen atoms in total. The molecule has 1 amide bonds. The lowest BCUT2D eigenvalue weighted by Gasteiger charge is -2.17. The molecular formula is C19H17F3N4O3. The molecule has 10 heteroatoms. The molecule has 1 aromatic heterocycles. The van der Waals surface area contributed by atoms with Crippen LogP contribution in [0, 0.1) is 6.92 Å². The number of hydrogen-bond acceptors (Lipinski definition) is 6. The third kappa shape index (κ3) is 5.05. The SMILES string of the molecule is Cc1ncc(CN(N)C(=O)c2cc(-c3ccc(OC(F)(F)F)cc3)ccc2N)o1. The summed E-state index contributed by atoms with van der Waals surface area (Å²) in [5.74, 6) is 5.81. The third-order valence-electron chi connectivity index (χ3n) is 3.96. The van der Waals surface area contributed by atoms with Gasteiger partial charge >= 0.3 is 6.36 Å². The second-order valence-electron chi connectivity index (χ2n) is 6.15. The van der Waals surface area contributed by atoms with Gasteiger partial charge in [-0.25, -0.2) is 10.8 Å². The summed E-state index contributed by atoms with van der Waals surface area (Å²) < 4.78 is 46.0. The predicted octanol–water partition coefficient (Wildman–Crippen LogP) is 3.65. The molecule has 0 radical (unpaired) electrons. The van der Waals surface area contributed by atoms with Gasteiger partial charge in [0.25, 0.3) is 5.91 Å². The van der Waals surface area contributed by atoms with Crippen molar-refractivity contribution in [3.8, 4) is 16.9 Å². The summed E-state index contributed by atoms with van der Waals surface area (Å²) >= 11 is 0. The number of alkyl halides is 3. The Kier molecular flexibility index (Phi) is 5.46. The van der Waals surface area contributed by atoms with Gasteiger partial charge in [-0.15, -0.1) is 13.2 Å². The smallest absolute Gasteiger partial charge is 0.444 e. The van der Waals surface area contributed by atoms with Crippen molar-refractivity contribution in [2.75, 3.05) is 5.73 Å². The van der Waals surface area contributed by atoms with Crippen molar-refractivity contribution in [2.45, 2.75) is 19.8 Å². The Labute approximate surface area is 163 Å². The topological polar surface area (TPSA) is 108 Å². The summed E-state index contributed by atoms with van der Waals surface area (Å²) in [6.45, 7) is 1.66. The second-order valence-corrected chi connectivity index (χ2v) is 6.15. The van der Waals surface area contributed by atoms with Gasteiger partial charge < -0.3 is 14.9 Å². The molecule has 4 N–H and O–H groups in total. The first-order valence-electron chi connectivity index (χ1n) is 8.36. The molecule has 29 heavy (non-hydrogen) atoms. The maximum absolute atomic E-state index is 12.7. The van der Waals surface area contributed by atoms with Crippen LogP contribution in [-0.2, 0) is 6.54 Å². The zero-order valence-electron chi connectivity index (χ0n) is 15.2. The minimum Gasteiger partial charge on any atom is -0.444 e. The molecule has 0 unspecified atom stereocenters. The number of anilines is 1. The number of aryl methyl sites for hydroxylation is 1. The number of benzene rings is 2. The lowest BCUT2D eigenvalue weighted by molar-refractivity contribution is -0.274. The number of rotatable bonds is 5. The van der Waals surface area contributed by atoms with Gasteiger partial charge in [0.15, 0.2) is 5.89 Å². The lowest BCUT2D eigenvalue weighted by atomic mass is 10.0. The minimum atomic E-state index is -4.77. The molecule has 0 atom stereocenters. The molecule has 0 fully saturated rings. The normalized spacial score (nSPS) is 11.3. The molecule has 0 saturated heterocycles. The first-order chi connectivity index (χ1) is 13.6. The Balaban J connectivity index is 1.81. The van der Waals surface area contributed by atoms with E-state index in [0.29, 0.717) is 22.8 Å². The van der Waals surface area contributed by atoms with E-state index in [-0.39, 0.29) is 23.5 Å². The summed E-state index contributed by atoms with van der Waals surface area (Å²) in [6.07, 6.45) is -3.30. The van der Waals surface area contributed by atoms with Crippen molar-refractivity contribution < 1.29 is 27.1 Å². The molecule has 1 heterocycles. The van der Waals surface area contributed by atoms with Crippen molar-refractivity contribution >= 4 is 11.6 Å². The van der Waals surface area contributed by atoms with Crippen molar-refractivity contribution in [2.24, 2.45) is 5.84 Å². The fourth-order valence-electron chi connectivity index (χ4n) is 2.64. The first kappa shape index (κ1) is 20.2. The van der Waals surface area contributed by atoms with Gasteiger partial charge in [0.2, 0.25) is 0 Å². The van der Waals surface area contributed by atoms with Gasteiger partial charge in [-0.05, 0) is 35.4 Å². The van der Waals surface area contributed by atoms with E-state index in [1.165, 1.54) is 42.6 Å². The van der Waals surface area contributed by atoms with Crippen molar-refractivity contribution in [1.29, 1.82) is 0 Å². The van der Waals surface area contributed by atoms with Gasteiger partial charge in [0, 0.05) is 12.6 Å². The molecule has 3 rings (SSSR count). The van der Waals surface area contributed by atoms with Crippen LogP contribution >= 0.6 is 0 Å². The number of aromatic nitrogens is 1. The number of amides is 1. The summed E-state index contributed by atoms with van der Waals surface area (Å²) in [4.78, 5) is 16.6. The maximum atomic E-state index is 12.7. The van der Waals surface area contributed by atoms with Crippen LogP contribution in [0.3, 0.4) is 0 Å². The number of oxazole rings is 1. The average Bonchev–Trinajstić information content (AvgIpc) is 3.05. The van der Waals surface area contributed by atoms with Gasteiger partial charge in [0.05, 0.1) is 18.3 Å². The average molecular weight is 406 g/mol. The van der Waals surface area contributed by atoms with Gasteiger partial charge in [-0.2, -0.15) is 0 Å². The van der Waals surface area contributed by atoms with Gasteiger partial charge in [0.1, 0.15) is 11.5 Å². The van der Waals surface area contributed by atoms with Crippen molar-refractivity contribution in [1.82, 2.24) is 9.99 Å². The Morgan fingerprint density at radius 3 is 2.41 bits per heavy atom. The van der Waals surface area contributed by atoms with Crippen LogP contribution in [-0.4, -0.2) is 22.3 Å².